The van der Waals surface area contributed by atoms with E-state index in [1.165, 1.54) is 23.0 Å². The lowest BCUT2D eigenvalue weighted by Gasteiger charge is -2.21. The normalized spacial score (nSPS) is 11.2. The Hall–Kier alpha value is -3.48. The van der Waals surface area contributed by atoms with Crippen molar-refractivity contribution < 1.29 is 13.6 Å². The van der Waals surface area contributed by atoms with E-state index in [0.29, 0.717) is 34.1 Å². The third kappa shape index (κ3) is 2.97. The zero-order valence-electron chi connectivity index (χ0n) is 14.6. The average molecular weight is 365 g/mol. The summed E-state index contributed by atoms with van der Waals surface area (Å²) in [5.74, 6) is -0.579. The molecular weight excluding hydrogens is 349 g/mol. The van der Waals surface area contributed by atoms with Crippen LogP contribution in [0.5, 0.6) is 0 Å². The maximum absolute atomic E-state index is 13.2. The van der Waals surface area contributed by atoms with Gasteiger partial charge >= 0.3 is 5.63 Å². The molecule has 0 saturated carbocycles. The van der Waals surface area contributed by atoms with Gasteiger partial charge in [-0.1, -0.05) is 12.1 Å². The van der Waals surface area contributed by atoms with Crippen molar-refractivity contribution in [2.24, 2.45) is 0 Å². The lowest BCUT2D eigenvalue weighted by molar-refractivity contribution is -0.119. The molecule has 0 radical (unpaired) electrons. The average Bonchev–Trinajstić information content (AvgIpc) is 3.09. The first-order valence-electron chi connectivity index (χ1n) is 8.52. The second-order valence-corrected chi connectivity index (χ2v) is 6.06. The molecule has 1 amide bonds. The van der Waals surface area contributed by atoms with Crippen LogP contribution in [-0.2, 0) is 11.3 Å². The summed E-state index contributed by atoms with van der Waals surface area (Å²) in [7, 11) is 0. The van der Waals surface area contributed by atoms with Gasteiger partial charge in [0.25, 0.3) is 0 Å². The summed E-state index contributed by atoms with van der Waals surface area (Å²) in [6, 6.07) is 12.9. The summed E-state index contributed by atoms with van der Waals surface area (Å²) in [6.07, 6.45) is 1.41. The van der Waals surface area contributed by atoms with Crippen LogP contribution in [0, 0.1) is 5.82 Å². The molecule has 0 unspecified atom stereocenters. The first-order chi connectivity index (χ1) is 13.1. The first-order valence-corrected chi connectivity index (χ1v) is 8.52. The SMILES string of the molecule is CCN(C(=O)Cn1ncc2c(=O)oc3ccccc3c21)c1ccc(F)cc1. The summed E-state index contributed by atoms with van der Waals surface area (Å²) < 4.78 is 20.0. The van der Waals surface area contributed by atoms with Gasteiger partial charge in [0, 0.05) is 17.6 Å². The molecule has 0 aliphatic heterocycles. The number of aromatic nitrogens is 2. The van der Waals surface area contributed by atoms with Crippen LogP contribution in [0.1, 0.15) is 6.92 Å². The van der Waals surface area contributed by atoms with Gasteiger partial charge < -0.3 is 9.32 Å². The predicted octanol–water partition coefficient (Wildman–Crippen LogP) is 3.33. The number of para-hydroxylation sites is 1. The number of benzene rings is 2. The minimum atomic E-state index is -0.492. The molecule has 0 saturated heterocycles. The zero-order chi connectivity index (χ0) is 19.0. The van der Waals surface area contributed by atoms with Gasteiger partial charge in [0.15, 0.2) is 0 Å². The zero-order valence-corrected chi connectivity index (χ0v) is 14.6. The smallest absolute Gasteiger partial charge is 0.347 e. The molecule has 0 N–H and O–H groups in total. The van der Waals surface area contributed by atoms with Crippen molar-refractivity contribution in [2.45, 2.75) is 13.5 Å². The fourth-order valence-electron chi connectivity index (χ4n) is 3.18. The molecule has 27 heavy (non-hydrogen) atoms. The molecule has 0 aliphatic carbocycles. The number of halogens is 1. The van der Waals surface area contributed by atoms with Crippen LogP contribution < -0.4 is 10.5 Å². The highest BCUT2D eigenvalue weighted by atomic mass is 19.1. The first kappa shape index (κ1) is 17.0. The van der Waals surface area contributed by atoms with Crippen molar-refractivity contribution in [2.75, 3.05) is 11.4 Å². The van der Waals surface area contributed by atoms with Crippen molar-refractivity contribution in [1.29, 1.82) is 0 Å². The third-order valence-electron chi connectivity index (χ3n) is 4.44. The molecule has 0 aliphatic rings. The molecule has 7 heteroatoms. The number of likely N-dealkylation sites (N-methyl/N-ethyl adjacent to an activating group) is 1. The fraction of sp³-hybridized carbons (Fsp3) is 0.150. The lowest BCUT2D eigenvalue weighted by Crippen LogP contribution is -2.34. The van der Waals surface area contributed by atoms with Gasteiger partial charge in [0.1, 0.15) is 23.3 Å². The molecule has 2 aromatic heterocycles. The number of amides is 1. The van der Waals surface area contributed by atoms with E-state index >= 15 is 0 Å². The van der Waals surface area contributed by atoms with E-state index in [4.69, 9.17) is 4.42 Å². The minimum absolute atomic E-state index is 0.0534. The monoisotopic (exact) mass is 365 g/mol. The van der Waals surface area contributed by atoms with Gasteiger partial charge in [-0.3, -0.25) is 9.48 Å². The molecule has 0 spiro atoms. The highest BCUT2D eigenvalue weighted by Crippen LogP contribution is 2.23. The molecule has 0 atom stereocenters. The Labute approximate surface area is 153 Å². The number of hydrogen-bond donors (Lipinski definition) is 0. The second kappa shape index (κ2) is 6.68. The molecule has 6 nitrogen and oxygen atoms in total. The number of carbonyl (C=O) groups is 1. The number of rotatable bonds is 4. The molecule has 0 fully saturated rings. The van der Waals surface area contributed by atoms with Gasteiger partial charge in [-0.2, -0.15) is 5.10 Å². The van der Waals surface area contributed by atoms with Crippen LogP contribution in [0.3, 0.4) is 0 Å². The Morgan fingerprint density at radius 1 is 1.15 bits per heavy atom. The number of carbonyl (C=O) groups excluding carboxylic acids is 1. The maximum atomic E-state index is 13.2. The molecular formula is C20H16FN3O3. The number of hydrogen-bond acceptors (Lipinski definition) is 4. The van der Waals surface area contributed by atoms with Crippen molar-refractivity contribution in [1.82, 2.24) is 9.78 Å². The molecule has 0 bridgehead atoms. The largest absolute Gasteiger partial charge is 0.422 e. The molecule has 2 heterocycles. The highest BCUT2D eigenvalue weighted by Gasteiger charge is 2.19. The van der Waals surface area contributed by atoms with E-state index in [1.807, 2.05) is 19.1 Å². The predicted molar refractivity (Wildman–Crippen MR) is 100 cm³/mol. The minimum Gasteiger partial charge on any atom is -0.422 e. The molecule has 136 valence electrons. The van der Waals surface area contributed by atoms with Crippen LogP contribution in [0.25, 0.3) is 21.9 Å². The van der Waals surface area contributed by atoms with Crippen molar-refractivity contribution >= 4 is 33.5 Å². The van der Waals surface area contributed by atoms with Gasteiger partial charge in [-0.05, 0) is 43.3 Å². The highest BCUT2D eigenvalue weighted by molar-refractivity contribution is 6.03. The summed E-state index contributed by atoms with van der Waals surface area (Å²) in [6.45, 7) is 2.21. The maximum Gasteiger partial charge on any atom is 0.347 e. The Morgan fingerprint density at radius 2 is 1.89 bits per heavy atom. The van der Waals surface area contributed by atoms with Crippen molar-refractivity contribution in [3.05, 3.63) is 71.0 Å². The topological polar surface area (TPSA) is 68.3 Å². The Kier molecular flexibility index (Phi) is 4.19. The van der Waals surface area contributed by atoms with Crippen molar-refractivity contribution in [3.8, 4) is 0 Å². The Bertz CT molecular complexity index is 1190. The van der Waals surface area contributed by atoms with E-state index in [2.05, 4.69) is 5.10 Å². The van der Waals surface area contributed by atoms with Gasteiger partial charge in [0.05, 0.1) is 11.7 Å². The molecule has 2 aromatic carbocycles. The fourth-order valence-corrected chi connectivity index (χ4v) is 3.18. The summed E-state index contributed by atoms with van der Waals surface area (Å²) >= 11 is 0. The van der Waals surface area contributed by atoms with E-state index in [-0.39, 0.29) is 18.3 Å². The van der Waals surface area contributed by atoms with Gasteiger partial charge in [-0.15, -0.1) is 0 Å². The van der Waals surface area contributed by atoms with Gasteiger partial charge in [-0.25, -0.2) is 9.18 Å². The van der Waals surface area contributed by atoms with Crippen LogP contribution in [0.4, 0.5) is 10.1 Å². The van der Waals surface area contributed by atoms with Crippen LogP contribution >= 0.6 is 0 Å². The van der Waals surface area contributed by atoms with E-state index in [1.54, 1.807) is 29.2 Å². The summed E-state index contributed by atoms with van der Waals surface area (Å²) in [4.78, 5) is 26.6. The second-order valence-electron chi connectivity index (χ2n) is 6.06. The number of fused-ring (bicyclic) bond motifs is 3. The molecule has 4 rings (SSSR count). The van der Waals surface area contributed by atoms with Crippen LogP contribution in [-0.4, -0.2) is 22.2 Å². The molecule has 4 aromatic rings. The van der Waals surface area contributed by atoms with E-state index in [9.17, 15) is 14.0 Å². The summed E-state index contributed by atoms with van der Waals surface area (Å²) in [5, 5.41) is 5.26. The quantitative estimate of drug-likeness (QED) is 0.520. The van der Waals surface area contributed by atoms with Crippen molar-refractivity contribution in [3.63, 3.8) is 0 Å². The third-order valence-corrected chi connectivity index (χ3v) is 4.44. The number of anilines is 1. The van der Waals surface area contributed by atoms with Gasteiger partial charge in [0.2, 0.25) is 5.91 Å². The van der Waals surface area contributed by atoms with Crippen LogP contribution in [0.2, 0.25) is 0 Å². The summed E-state index contributed by atoms with van der Waals surface area (Å²) in [5.41, 5.74) is 1.11. The van der Waals surface area contributed by atoms with E-state index < -0.39 is 5.63 Å². The Balaban J connectivity index is 1.75. The van der Waals surface area contributed by atoms with E-state index in [0.717, 1.165) is 0 Å². The lowest BCUT2D eigenvalue weighted by atomic mass is 10.2. The van der Waals surface area contributed by atoms with Crippen LogP contribution in [0.15, 0.2) is 63.9 Å². The Morgan fingerprint density at radius 3 is 2.63 bits per heavy atom. The standard InChI is InChI=1S/C20H16FN3O3/c1-2-23(14-9-7-13(21)8-10-14)18(25)12-24-19-15-5-3-4-6-17(15)27-20(26)16(19)11-22-24/h3-11H,2,12H2,1H3. The number of nitrogens with zero attached hydrogens (tertiary/aromatic N) is 3.